The van der Waals surface area contributed by atoms with Crippen LogP contribution in [0.2, 0.25) is 0 Å². The second-order valence-electron chi connectivity index (χ2n) is 5.82. The molecule has 0 heterocycles. The molecular weight excluding hydrogens is 186 g/mol. The van der Waals surface area contributed by atoms with Gasteiger partial charge in [-0.15, -0.1) is 0 Å². The van der Waals surface area contributed by atoms with Crippen LogP contribution < -0.4 is 5.32 Å². The number of ether oxygens (including phenoxy) is 1. The van der Waals surface area contributed by atoms with Crippen LogP contribution in [0.25, 0.3) is 0 Å². The summed E-state index contributed by atoms with van der Waals surface area (Å²) in [6.45, 7) is 13.0. The molecule has 0 amide bonds. The summed E-state index contributed by atoms with van der Waals surface area (Å²) in [7, 11) is 2.05. The van der Waals surface area contributed by atoms with Crippen molar-refractivity contribution in [3.05, 3.63) is 0 Å². The maximum Gasteiger partial charge on any atom is 0.0488 e. The fourth-order valence-electron chi connectivity index (χ4n) is 1.72. The van der Waals surface area contributed by atoms with Crippen LogP contribution in [0, 0.1) is 11.3 Å². The first-order valence-electron chi connectivity index (χ1n) is 6.13. The normalized spacial score (nSPS) is 14.6. The van der Waals surface area contributed by atoms with E-state index in [2.05, 4.69) is 39.9 Å². The van der Waals surface area contributed by atoms with E-state index in [9.17, 15) is 0 Å². The van der Waals surface area contributed by atoms with Crippen molar-refractivity contribution in [2.45, 2.75) is 53.5 Å². The van der Waals surface area contributed by atoms with E-state index in [1.165, 1.54) is 6.42 Å². The van der Waals surface area contributed by atoms with Gasteiger partial charge in [-0.05, 0) is 31.2 Å². The third kappa shape index (κ3) is 7.80. The van der Waals surface area contributed by atoms with Gasteiger partial charge >= 0.3 is 0 Å². The molecule has 1 unspecified atom stereocenters. The van der Waals surface area contributed by atoms with Crippen molar-refractivity contribution in [2.75, 3.05) is 20.3 Å². The molecule has 2 nitrogen and oxygen atoms in total. The van der Waals surface area contributed by atoms with Crippen molar-refractivity contribution < 1.29 is 4.74 Å². The standard InChI is InChI=1S/C13H29NO/c1-11(2)10-15-9-7-8-12(14-6)13(3,4)5/h11-12,14H,7-10H2,1-6H3. The number of rotatable bonds is 7. The maximum absolute atomic E-state index is 5.57. The quantitative estimate of drug-likeness (QED) is 0.659. The van der Waals surface area contributed by atoms with E-state index < -0.39 is 0 Å². The van der Waals surface area contributed by atoms with Gasteiger partial charge in [0, 0.05) is 19.3 Å². The van der Waals surface area contributed by atoms with Crippen LogP contribution in [0.3, 0.4) is 0 Å². The molecule has 0 aliphatic carbocycles. The number of nitrogens with one attached hydrogen (secondary N) is 1. The minimum atomic E-state index is 0.340. The Morgan fingerprint density at radius 2 is 1.80 bits per heavy atom. The Kier molecular flexibility index (Phi) is 7.20. The van der Waals surface area contributed by atoms with Crippen LogP contribution in [0.15, 0.2) is 0 Å². The van der Waals surface area contributed by atoms with Crippen LogP contribution in [0.5, 0.6) is 0 Å². The largest absolute Gasteiger partial charge is 0.381 e. The first-order chi connectivity index (χ1) is 6.88. The molecule has 0 aromatic heterocycles. The van der Waals surface area contributed by atoms with Gasteiger partial charge < -0.3 is 10.1 Å². The maximum atomic E-state index is 5.57. The fraction of sp³-hybridized carbons (Fsp3) is 1.00. The molecule has 0 radical (unpaired) electrons. The van der Waals surface area contributed by atoms with Gasteiger partial charge in [0.2, 0.25) is 0 Å². The van der Waals surface area contributed by atoms with E-state index in [4.69, 9.17) is 4.74 Å². The molecule has 0 fully saturated rings. The Labute approximate surface area is 95.8 Å². The summed E-state index contributed by atoms with van der Waals surface area (Å²) in [6, 6.07) is 0.583. The molecule has 2 heteroatoms. The summed E-state index contributed by atoms with van der Waals surface area (Å²) in [6.07, 6.45) is 2.34. The van der Waals surface area contributed by atoms with E-state index in [1.807, 2.05) is 7.05 Å². The first kappa shape index (κ1) is 14.9. The van der Waals surface area contributed by atoms with Gasteiger partial charge in [0.15, 0.2) is 0 Å². The van der Waals surface area contributed by atoms with Crippen LogP contribution in [-0.2, 0) is 4.74 Å². The highest BCUT2D eigenvalue weighted by atomic mass is 16.5. The molecule has 0 saturated carbocycles. The SMILES string of the molecule is CNC(CCCOCC(C)C)C(C)(C)C. The van der Waals surface area contributed by atoms with Gasteiger partial charge in [0.05, 0.1) is 0 Å². The predicted octanol–water partition coefficient (Wildman–Crippen LogP) is 3.07. The lowest BCUT2D eigenvalue weighted by molar-refractivity contribution is 0.101. The zero-order valence-corrected chi connectivity index (χ0v) is 11.4. The van der Waals surface area contributed by atoms with Gasteiger partial charge in [-0.1, -0.05) is 34.6 Å². The summed E-state index contributed by atoms with van der Waals surface area (Å²) >= 11 is 0. The molecule has 1 atom stereocenters. The molecule has 1 N–H and O–H groups in total. The van der Waals surface area contributed by atoms with Gasteiger partial charge in [-0.25, -0.2) is 0 Å². The van der Waals surface area contributed by atoms with Gasteiger partial charge in [-0.2, -0.15) is 0 Å². The Morgan fingerprint density at radius 3 is 2.20 bits per heavy atom. The number of hydrogen-bond donors (Lipinski definition) is 1. The minimum Gasteiger partial charge on any atom is -0.381 e. The van der Waals surface area contributed by atoms with Crippen molar-refractivity contribution in [3.8, 4) is 0 Å². The second kappa shape index (κ2) is 7.24. The Balaban J connectivity index is 3.56. The summed E-state index contributed by atoms with van der Waals surface area (Å²) in [5, 5.41) is 3.39. The van der Waals surface area contributed by atoms with E-state index in [1.54, 1.807) is 0 Å². The minimum absolute atomic E-state index is 0.340. The molecule has 0 aliphatic heterocycles. The first-order valence-corrected chi connectivity index (χ1v) is 6.13. The zero-order chi connectivity index (χ0) is 11.9. The molecule has 0 aromatic rings. The molecule has 0 aliphatic rings. The third-order valence-corrected chi connectivity index (χ3v) is 2.63. The highest BCUT2D eigenvalue weighted by molar-refractivity contribution is 4.78. The molecule has 0 rings (SSSR count). The van der Waals surface area contributed by atoms with Crippen molar-refractivity contribution in [1.82, 2.24) is 5.32 Å². The molecule has 92 valence electrons. The average Bonchev–Trinajstić information content (AvgIpc) is 2.08. The third-order valence-electron chi connectivity index (χ3n) is 2.63. The lowest BCUT2D eigenvalue weighted by Crippen LogP contribution is -2.38. The lowest BCUT2D eigenvalue weighted by atomic mass is 9.84. The number of hydrogen-bond acceptors (Lipinski definition) is 2. The Morgan fingerprint density at radius 1 is 1.20 bits per heavy atom. The van der Waals surface area contributed by atoms with E-state index in [0.717, 1.165) is 19.6 Å². The van der Waals surface area contributed by atoms with Gasteiger partial charge in [0.1, 0.15) is 0 Å². The van der Waals surface area contributed by atoms with E-state index >= 15 is 0 Å². The van der Waals surface area contributed by atoms with Gasteiger partial charge in [0.25, 0.3) is 0 Å². The summed E-state index contributed by atoms with van der Waals surface area (Å²) in [5.74, 6) is 0.646. The molecule has 15 heavy (non-hydrogen) atoms. The summed E-state index contributed by atoms with van der Waals surface area (Å²) < 4.78 is 5.57. The van der Waals surface area contributed by atoms with Crippen LogP contribution >= 0.6 is 0 Å². The molecular formula is C13H29NO. The van der Waals surface area contributed by atoms with Crippen molar-refractivity contribution in [1.29, 1.82) is 0 Å². The monoisotopic (exact) mass is 215 g/mol. The lowest BCUT2D eigenvalue weighted by Gasteiger charge is -2.30. The fourth-order valence-corrected chi connectivity index (χ4v) is 1.72. The van der Waals surface area contributed by atoms with E-state index in [0.29, 0.717) is 17.4 Å². The van der Waals surface area contributed by atoms with Crippen molar-refractivity contribution >= 4 is 0 Å². The van der Waals surface area contributed by atoms with Crippen molar-refractivity contribution in [3.63, 3.8) is 0 Å². The second-order valence-corrected chi connectivity index (χ2v) is 5.82. The smallest absolute Gasteiger partial charge is 0.0488 e. The predicted molar refractivity (Wildman–Crippen MR) is 67.2 cm³/mol. The highest BCUT2D eigenvalue weighted by Crippen LogP contribution is 2.22. The van der Waals surface area contributed by atoms with Crippen LogP contribution in [-0.4, -0.2) is 26.3 Å². The average molecular weight is 215 g/mol. The molecule has 0 saturated heterocycles. The van der Waals surface area contributed by atoms with Crippen LogP contribution in [0.4, 0.5) is 0 Å². The van der Waals surface area contributed by atoms with Gasteiger partial charge in [-0.3, -0.25) is 0 Å². The molecule has 0 bridgehead atoms. The topological polar surface area (TPSA) is 21.3 Å². The Hall–Kier alpha value is -0.0800. The van der Waals surface area contributed by atoms with Crippen molar-refractivity contribution in [2.24, 2.45) is 11.3 Å². The summed E-state index contributed by atoms with van der Waals surface area (Å²) in [5.41, 5.74) is 0.340. The molecule has 0 aromatic carbocycles. The van der Waals surface area contributed by atoms with Crippen LogP contribution in [0.1, 0.15) is 47.5 Å². The van der Waals surface area contributed by atoms with E-state index in [-0.39, 0.29) is 0 Å². The summed E-state index contributed by atoms with van der Waals surface area (Å²) in [4.78, 5) is 0. The molecule has 0 spiro atoms. The zero-order valence-electron chi connectivity index (χ0n) is 11.4. The highest BCUT2D eigenvalue weighted by Gasteiger charge is 2.21. The Bertz CT molecular complexity index is 149.